The number of aliphatic carboxylic acids is 1. The third-order valence-corrected chi connectivity index (χ3v) is 6.61. The van der Waals surface area contributed by atoms with Crippen molar-refractivity contribution >= 4 is 46.2 Å². The number of halogens is 3. The highest BCUT2D eigenvalue weighted by atomic mass is 32.1. The summed E-state index contributed by atoms with van der Waals surface area (Å²) in [6.07, 6.45) is -5.04. The smallest absolute Gasteiger partial charge is 0.506 e. The summed E-state index contributed by atoms with van der Waals surface area (Å²) < 4.78 is 40.8. The third-order valence-electron chi connectivity index (χ3n) is 4.51. The average molecular weight is 542 g/mol. The molecule has 0 aliphatic rings. The predicted octanol–water partition coefficient (Wildman–Crippen LogP) is 4.44. The van der Waals surface area contributed by atoms with Gasteiger partial charge >= 0.3 is 12.3 Å². The Morgan fingerprint density at radius 1 is 1.06 bits per heavy atom. The summed E-state index contributed by atoms with van der Waals surface area (Å²) >= 11 is 2.03. The van der Waals surface area contributed by atoms with Crippen molar-refractivity contribution in [2.45, 2.75) is 19.7 Å². The van der Waals surface area contributed by atoms with Crippen molar-refractivity contribution in [2.24, 2.45) is 5.10 Å². The highest BCUT2D eigenvalue weighted by molar-refractivity contribution is 7.16. The van der Waals surface area contributed by atoms with Crippen LogP contribution in [0.1, 0.15) is 38.3 Å². The lowest BCUT2D eigenvalue weighted by Crippen LogP contribution is -2.25. The largest absolute Gasteiger partial charge is 0.573 e. The van der Waals surface area contributed by atoms with Crippen LogP contribution in [0.5, 0.6) is 11.5 Å². The summed E-state index contributed by atoms with van der Waals surface area (Å²) in [6.45, 7) is 1.50. The molecule has 0 aliphatic heterocycles. The van der Waals surface area contributed by atoms with Crippen LogP contribution in [-0.2, 0) is 4.79 Å². The molecule has 9 nitrogen and oxygen atoms in total. The molecule has 1 aromatic carbocycles. The molecule has 14 heteroatoms. The fourth-order valence-corrected chi connectivity index (χ4v) is 4.65. The molecule has 0 saturated carbocycles. The van der Waals surface area contributed by atoms with E-state index in [-0.39, 0.29) is 34.2 Å². The number of amides is 2. The van der Waals surface area contributed by atoms with E-state index in [1.807, 2.05) is 0 Å². The topological polar surface area (TPSA) is 137 Å². The highest BCUT2D eigenvalue weighted by Crippen LogP contribution is 2.39. The summed E-state index contributed by atoms with van der Waals surface area (Å²) in [4.78, 5) is 35.7. The number of carboxylic acid groups (broad SMARTS) is 1. The number of hydrazone groups is 1. The van der Waals surface area contributed by atoms with Crippen LogP contribution >= 0.6 is 22.7 Å². The van der Waals surface area contributed by atoms with Crippen molar-refractivity contribution < 1.29 is 42.5 Å². The van der Waals surface area contributed by atoms with Crippen LogP contribution in [0.4, 0.5) is 13.2 Å². The van der Waals surface area contributed by atoms with E-state index in [9.17, 15) is 32.7 Å². The van der Waals surface area contributed by atoms with Crippen LogP contribution in [0, 0.1) is 0 Å². The van der Waals surface area contributed by atoms with E-state index in [4.69, 9.17) is 5.11 Å². The molecular weight excluding hydrogens is 523 g/mol. The Labute approximate surface area is 209 Å². The van der Waals surface area contributed by atoms with Crippen molar-refractivity contribution in [2.75, 3.05) is 6.54 Å². The van der Waals surface area contributed by atoms with Crippen LogP contribution in [0.3, 0.4) is 0 Å². The van der Waals surface area contributed by atoms with E-state index in [1.165, 1.54) is 24.3 Å². The minimum absolute atomic E-state index is 0.0469. The number of carbonyl (C=O) groups excluding carboxylic acids is 2. The molecule has 2 amide bonds. The molecular formula is C22H18F3N3O6S2. The Hall–Kier alpha value is -3.91. The summed E-state index contributed by atoms with van der Waals surface area (Å²) in [5.41, 5.74) is 3.38. The summed E-state index contributed by atoms with van der Waals surface area (Å²) in [6, 6.07) is 7.85. The molecule has 4 N–H and O–H groups in total. The standard InChI is InChI=1S/C22H18F3N3O6S2/c1-11(27-28-21(33)16-7-6-15(36-16)20(32)26-9-8-17(29)30)14-10-35-19(18(14)31)12-2-4-13(5-3-12)34-22(23,24)25/h2-7,10,31H,8-9H2,1H3,(H,26,32)(H,28,33)(H,29,30). The van der Waals surface area contributed by atoms with E-state index >= 15 is 0 Å². The monoisotopic (exact) mass is 541 g/mol. The second kappa shape index (κ2) is 11.2. The summed E-state index contributed by atoms with van der Waals surface area (Å²) in [7, 11) is 0. The second-order valence-electron chi connectivity index (χ2n) is 7.10. The Morgan fingerprint density at radius 2 is 1.69 bits per heavy atom. The quantitative estimate of drug-likeness (QED) is 0.234. The first-order chi connectivity index (χ1) is 16.9. The van der Waals surface area contributed by atoms with E-state index in [1.54, 1.807) is 12.3 Å². The number of carbonyl (C=O) groups is 3. The number of nitrogens with zero attached hydrogens (tertiary/aromatic N) is 1. The van der Waals surface area contributed by atoms with Crippen molar-refractivity contribution in [3.63, 3.8) is 0 Å². The number of thiophene rings is 2. The van der Waals surface area contributed by atoms with Gasteiger partial charge in [0.25, 0.3) is 11.8 Å². The first kappa shape index (κ1) is 26.7. The number of carboxylic acids is 1. The molecule has 0 atom stereocenters. The van der Waals surface area contributed by atoms with Gasteiger partial charge in [-0.2, -0.15) is 5.10 Å². The average Bonchev–Trinajstić information content (AvgIpc) is 3.44. The highest BCUT2D eigenvalue weighted by Gasteiger charge is 2.31. The van der Waals surface area contributed by atoms with Gasteiger partial charge in [-0.3, -0.25) is 14.4 Å². The molecule has 36 heavy (non-hydrogen) atoms. The second-order valence-corrected chi connectivity index (χ2v) is 9.06. The van der Waals surface area contributed by atoms with Gasteiger partial charge in [0, 0.05) is 11.9 Å². The molecule has 0 radical (unpaired) electrons. The van der Waals surface area contributed by atoms with E-state index in [0.717, 1.165) is 34.8 Å². The maximum atomic E-state index is 12.4. The van der Waals surface area contributed by atoms with E-state index in [2.05, 4.69) is 20.6 Å². The molecule has 2 aromatic heterocycles. The van der Waals surface area contributed by atoms with Crippen molar-refractivity contribution in [1.82, 2.24) is 10.7 Å². The number of aromatic hydroxyl groups is 1. The van der Waals surface area contributed by atoms with Crippen LogP contribution in [-0.4, -0.2) is 46.6 Å². The third kappa shape index (κ3) is 7.05. The maximum absolute atomic E-state index is 12.4. The zero-order chi connectivity index (χ0) is 26.5. The zero-order valence-corrected chi connectivity index (χ0v) is 20.0. The molecule has 0 spiro atoms. The van der Waals surface area contributed by atoms with Gasteiger partial charge in [0.05, 0.1) is 32.3 Å². The Morgan fingerprint density at radius 3 is 2.31 bits per heavy atom. The predicted molar refractivity (Wildman–Crippen MR) is 127 cm³/mol. The number of ether oxygens (including phenoxy) is 1. The molecule has 0 aliphatic carbocycles. The van der Waals surface area contributed by atoms with E-state index < -0.39 is 29.9 Å². The van der Waals surface area contributed by atoms with Gasteiger partial charge in [-0.15, -0.1) is 35.8 Å². The molecule has 0 unspecified atom stereocenters. The minimum atomic E-state index is -4.81. The van der Waals surface area contributed by atoms with Gasteiger partial charge in [-0.25, -0.2) is 5.43 Å². The lowest BCUT2D eigenvalue weighted by molar-refractivity contribution is -0.274. The van der Waals surface area contributed by atoms with Crippen LogP contribution in [0.15, 0.2) is 46.9 Å². The Balaban J connectivity index is 1.64. The molecule has 0 saturated heterocycles. The number of nitrogens with one attached hydrogen (secondary N) is 2. The number of benzene rings is 1. The molecule has 3 aromatic rings. The van der Waals surface area contributed by atoms with Gasteiger partial charge in [0.1, 0.15) is 11.5 Å². The van der Waals surface area contributed by atoms with Gasteiger partial charge in [-0.1, -0.05) is 0 Å². The fraction of sp³-hybridized carbons (Fsp3) is 0.182. The number of hydrogen-bond acceptors (Lipinski definition) is 8. The molecule has 0 bridgehead atoms. The van der Waals surface area contributed by atoms with Gasteiger partial charge < -0.3 is 20.3 Å². The van der Waals surface area contributed by atoms with Gasteiger partial charge in [0.2, 0.25) is 0 Å². The van der Waals surface area contributed by atoms with Crippen molar-refractivity contribution in [3.05, 3.63) is 57.1 Å². The van der Waals surface area contributed by atoms with Crippen molar-refractivity contribution in [3.8, 4) is 21.9 Å². The number of hydrogen-bond donors (Lipinski definition) is 4. The number of rotatable bonds is 9. The molecule has 0 fully saturated rings. The van der Waals surface area contributed by atoms with Gasteiger partial charge in [-0.05, 0) is 48.9 Å². The maximum Gasteiger partial charge on any atom is 0.573 e. The molecule has 190 valence electrons. The fourth-order valence-electron chi connectivity index (χ4n) is 2.82. The lowest BCUT2D eigenvalue weighted by atomic mass is 10.1. The molecule has 2 heterocycles. The van der Waals surface area contributed by atoms with Crippen LogP contribution < -0.4 is 15.5 Å². The first-order valence-electron chi connectivity index (χ1n) is 10.1. The SMILES string of the molecule is CC(=NNC(=O)c1ccc(C(=O)NCCC(=O)O)s1)c1csc(-c2ccc(OC(F)(F)F)cc2)c1O. The van der Waals surface area contributed by atoms with Gasteiger partial charge in [0.15, 0.2) is 0 Å². The van der Waals surface area contributed by atoms with Crippen LogP contribution in [0.2, 0.25) is 0 Å². The summed E-state index contributed by atoms with van der Waals surface area (Å²) in [5, 5.41) is 27.2. The Kier molecular flexibility index (Phi) is 8.32. The van der Waals surface area contributed by atoms with E-state index in [0.29, 0.717) is 16.0 Å². The first-order valence-corrected chi connectivity index (χ1v) is 11.8. The summed E-state index contributed by atoms with van der Waals surface area (Å²) in [5.74, 6) is -2.70. The zero-order valence-electron chi connectivity index (χ0n) is 18.4. The molecule has 3 rings (SSSR count). The van der Waals surface area contributed by atoms with Crippen molar-refractivity contribution in [1.29, 1.82) is 0 Å². The number of alkyl halides is 3. The normalized spacial score (nSPS) is 11.7. The lowest BCUT2D eigenvalue weighted by Gasteiger charge is -2.09. The Bertz CT molecular complexity index is 1300. The van der Waals surface area contributed by atoms with Crippen LogP contribution in [0.25, 0.3) is 10.4 Å². The minimum Gasteiger partial charge on any atom is -0.506 e.